The fourth-order valence-corrected chi connectivity index (χ4v) is 2.04. The van der Waals surface area contributed by atoms with Crippen LogP contribution in [-0.2, 0) is 0 Å². The normalized spacial score (nSPS) is 10.7. The van der Waals surface area contributed by atoms with E-state index in [2.05, 4.69) is 4.98 Å². The lowest BCUT2D eigenvalue weighted by atomic mass is 10.0. The standard InChI is InChI=1S/C15H11NO2/c1-10-6-8-18-15(10)14(17)12-4-2-3-11-5-7-16-9-13(11)12/h2-9H,1H3. The van der Waals surface area contributed by atoms with Gasteiger partial charge >= 0.3 is 0 Å². The summed E-state index contributed by atoms with van der Waals surface area (Å²) in [6, 6.07) is 9.31. The van der Waals surface area contributed by atoms with Crippen LogP contribution in [-0.4, -0.2) is 10.8 Å². The van der Waals surface area contributed by atoms with Crippen LogP contribution in [0, 0.1) is 6.92 Å². The largest absolute Gasteiger partial charge is 0.461 e. The lowest BCUT2D eigenvalue weighted by molar-refractivity contribution is 0.101. The van der Waals surface area contributed by atoms with Crippen LogP contribution in [0.4, 0.5) is 0 Å². The molecule has 0 aliphatic rings. The van der Waals surface area contributed by atoms with Gasteiger partial charge in [0.05, 0.1) is 6.26 Å². The molecule has 0 unspecified atom stereocenters. The molecule has 0 saturated heterocycles. The van der Waals surface area contributed by atoms with Crippen molar-refractivity contribution in [3.05, 3.63) is 65.9 Å². The molecule has 0 spiro atoms. The molecule has 18 heavy (non-hydrogen) atoms. The minimum Gasteiger partial charge on any atom is -0.461 e. The van der Waals surface area contributed by atoms with E-state index in [-0.39, 0.29) is 5.78 Å². The Morgan fingerprint density at radius 1 is 1.22 bits per heavy atom. The number of rotatable bonds is 2. The van der Waals surface area contributed by atoms with Gasteiger partial charge in [-0.1, -0.05) is 18.2 Å². The molecule has 0 radical (unpaired) electrons. The second-order valence-corrected chi connectivity index (χ2v) is 4.16. The maximum atomic E-state index is 12.4. The second kappa shape index (κ2) is 4.11. The van der Waals surface area contributed by atoms with Crippen molar-refractivity contribution < 1.29 is 9.21 Å². The van der Waals surface area contributed by atoms with Gasteiger partial charge in [0.2, 0.25) is 5.78 Å². The van der Waals surface area contributed by atoms with Gasteiger partial charge in [0.25, 0.3) is 0 Å². The Morgan fingerprint density at radius 3 is 2.89 bits per heavy atom. The van der Waals surface area contributed by atoms with Crippen molar-refractivity contribution in [2.75, 3.05) is 0 Å². The molecule has 0 amide bonds. The molecule has 0 saturated carbocycles. The van der Waals surface area contributed by atoms with E-state index in [4.69, 9.17) is 4.42 Å². The number of aromatic nitrogens is 1. The summed E-state index contributed by atoms with van der Waals surface area (Å²) in [5, 5.41) is 1.85. The van der Waals surface area contributed by atoms with Gasteiger partial charge in [0.15, 0.2) is 5.76 Å². The summed E-state index contributed by atoms with van der Waals surface area (Å²) in [7, 11) is 0. The van der Waals surface area contributed by atoms with E-state index >= 15 is 0 Å². The lowest BCUT2D eigenvalue weighted by Crippen LogP contribution is -2.02. The molecule has 2 aromatic heterocycles. The first-order chi connectivity index (χ1) is 8.77. The van der Waals surface area contributed by atoms with Crippen LogP contribution < -0.4 is 0 Å². The first kappa shape index (κ1) is 10.7. The van der Waals surface area contributed by atoms with Crippen LogP contribution in [0.5, 0.6) is 0 Å². The fraction of sp³-hybridized carbons (Fsp3) is 0.0667. The molecular weight excluding hydrogens is 226 g/mol. The first-order valence-electron chi connectivity index (χ1n) is 5.69. The molecular formula is C15H11NO2. The zero-order chi connectivity index (χ0) is 12.5. The molecule has 3 rings (SSSR count). The summed E-state index contributed by atoms with van der Waals surface area (Å²) < 4.78 is 5.26. The fourth-order valence-electron chi connectivity index (χ4n) is 2.04. The van der Waals surface area contributed by atoms with Gasteiger partial charge in [-0.3, -0.25) is 9.78 Å². The molecule has 3 nitrogen and oxygen atoms in total. The average molecular weight is 237 g/mol. The molecule has 1 aromatic carbocycles. The smallest absolute Gasteiger partial charge is 0.229 e. The minimum absolute atomic E-state index is 0.101. The highest BCUT2D eigenvalue weighted by Gasteiger charge is 2.17. The number of hydrogen-bond donors (Lipinski definition) is 0. The van der Waals surface area contributed by atoms with Gasteiger partial charge in [-0.2, -0.15) is 0 Å². The van der Waals surface area contributed by atoms with Crippen molar-refractivity contribution in [2.45, 2.75) is 6.92 Å². The van der Waals surface area contributed by atoms with Crippen molar-refractivity contribution >= 4 is 16.6 Å². The molecule has 0 bridgehead atoms. The van der Waals surface area contributed by atoms with Crippen molar-refractivity contribution in [1.82, 2.24) is 4.98 Å². The lowest BCUT2D eigenvalue weighted by Gasteiger charge is -2.04. The quantitative estimate of drug-likeness (QED) is 0.642. The minimum atomic E-state index is -0.101. The maximum Gasteiger partial charge on any atom is 0.229 e. The van der Waals surface area contributed by atoms with Crippen molar-refractivity contribution in [3.63, 3.8) is 0 Å². The Hall–Kier alpha value is -2.42. The van der Waals surface area contributed by atoms with Crippen LogP contribution in [0.2, 0.25) is 0 Å². The molecule has 0 aliphatic heterocycles. The average Bonchev–Trinajstić information content (AvgIpc) is 2.83. The highest BCUT2D eigenvalue weighted by atomic mass is 16.3. The number of fused-ring (bicyclic) bond motifs is 1. The van der Waals surface area contributed by atoms with Gasteiger partial charge in [0, 0.05) is 23.3 Å². The van der Waals surface area contributed by atoms with Crippen LogP contribution in [0.1, 0.15) is 21.7 Å². The van der Waals surface area contributed by atoms with E-state index in [1.54, 1.807) is 24.5 Å². The molecule has 0 N–H and O–H groups in total. The summed E-state index contributed by atoms with van der Waals surface area (Å²) in [5.74, 6) is 0.294. The summed E-state index contributed by atoms with van der Waals surface area (Å²) >= 11 is 0. The Bertz CT molecular complexity index is 723. The number of hydrogen-bond acceptors (Lipinski definition) is 3. The van der Waals surface area contributed by atoms with E-state index in [1.165, 1.54) is 6.26 Å². The number of carbonyl (C=O) groups is 1. The van der Waals surface area contributed by atoms with E-state index in [0.29, 0.717) is 11.3 Å². The summed E-state index contributed by atoms with van der Waals surface area (Å²) in [6.07, 6.45) is 4.96. The Kier molecular flexibility index (Phi) is 2.45. The van der Waals surface area contributed by atoms with Crippen molar-refractivity contribution in [1.29, 1.82) is 0 Å². The molecule has 0 atom stereocenters. The predicted octanol–water partition coefficient (Wildman–Crippen LogP) is 3.37. The number of aryl methyl sites for hydroxylation is 1. The van der Waals surface area contributed by atoms with Gasteiger partial charge < -0.3 is 4.42 Å². The third-order valence-electron chi connectivity index (χ3n) is 3.00. The SMILES string of the molecule is Cc1ccoc1C(=O)c1cccc2ccncc12. The zero-order valence-electron chi connectivity index (χ0n) is 9.88. The van der Waals surface area contributed by atoms with Gasteiger partial charge in [-0.05, 0) is 30.0 Å². The van der Waals surface area contributed by atoms with Crippen LogP contribution >= 0.6 is 0 Å². The number of furan rings is 1. The van der Waals surface area contributed by atoms with E-state index in [1.807, 2.05) is 25.1 Å². The zero-order valence-corrected chi connectivity index (χ0v) is 9.88. The molecule has 2 heterocycles. The Morgan fingerprint density at radius 2 is 2.11 bits per heavy atom. The van der Waals surface area contributed by atoms with Crippen LogP contribution in [0.3, 0.4) is 0 Å². The predicted molar refractivity (Wildman–Crippen MR) is 68.6 cm³/mol. The van der Waals surface area contributed by atoms with E-state index < -0.39 is 0 Å². The van der Waals surface area contributed by atoms with Crippen LogP contribution in [0.15, 0.2) is 53.4 Å². The number of carbonyl (C=O) groups excluding carboxylic acids is 1. The maximum absolute atomic E-state index is 12.4. The number of ketones is 1. The summed E-state index contributed by atoms with van der Waals surface area (Å²) in [6.45, 7) is 1.86. The summed E-state index contributed by atoms with van der Waals surface area (Å²) in [4.78, 5) is 16.5. The Labute approximate surface area is 104 Å². The molecule has 88 valence electrons. The highest BCUT2D eigenvalue weighted by Crippen LogP contribution is 2.22. The molecule has 0 fully saturated rings. The molecule has 0 aliphatic carbocycles. The second-order valence-electron chi connectivity index (χ2n) is 4.16. The molecule has 3 aromatic rings. The van der Waals surface area contributed by atoms with Crippen LogP contribution in [0.25, 0.3) is 10.8 Å². The number of nitrogens with zero attached hydrogens (tertiary/aromatic N) is 1. The third-order valence-corrected chi connectivity index (χ3v) is 3.00. The topological polar surface area (TPSA) is 43.1 Å². The third kappa shape index (κ3) is 1.61. The van der Waals surface area contributed by atoms with Gasteiger partial charge in [-0.15, -0.1) is 0 Å². The van der Waals surface area contributed by atoms with E-state index in [0.717, 1.165) is 16.3 Å². The van der Waals surface area contributed by atoms with E-state index in [9.17, 15) is 4.79 Å². The van der Waals surface area contributed by atoms with Gasteiger partial charge in [0.1, 0.15) is 0 Å². The number of benzene rings is 1. The summed E-state index contributed by atoms with van der Waals surface area (Å²) in [5.41, 5.74) is 1.47. The molecule has 3 heteroatoms. The Balaban J connectivity index is 2.21. The van der Waals surface area contributed by atoms with Crippen molar-refractivity contribution in [2.24, 2.45) is 0 Å². The number of pyridine rings is 1. The van der Waals surface area contributed by atoms with Crippen molar-refractivity contribution in [3.8, 4) is 0 Å². The highest BCUT2D eigenvalue weighted by molar-refractivity contribution is 6.15. The monoisotopic (exact) mass is 237 g/mol. The van der Waals surface area contributed by atoms with Gasteiger partial charge in [-0.25, -0.2) is 0 Å². The first-order valence-corrected chi connectivity index (χ1v) is 5.69.